The quantitative estimate of drug-likeness (QED) is 0.339. The number of methoxy groups -OCH3 is 2. The molecule has 0 bridgehead atoms. The minimum absolute atomic E-state index is 0. The number of ether oxygens (including phenoxy) is 2. The molecular weight excluding hydrogens is 414 g/mol. The smallest absolute Gasteiger partial charge is 0.125 e. The molecule has 2 saturated carbocycles. The predicted molar refractivity (Wildman–Crippen MR) is 130 cm³/mol. The normalized spacial score (nSPS) is 26.0. The van der Waals surface area contributed by atoms with Crippen LogP contribution in [0.3, 0.4) is 0 Å². The Morgan fingerprint density at radius 3 is 1.90 bits per heavy atom. The molecule has 0 spiro atoms. The standard InChI is InChI=1S/C26H37O2P.K/c1-27-24-19-12-20-26(28-2,25(24)21-13-6-3-7-14-21)29(22-15-8-4-9-16-22)23-17-10-5-11-18-23;/h3,6-7,12-14,19,22-23H,4-5,8-11,15-18,20H2,1-2H3;. The van der Waals surface area contributed by atoms with Crippen molar-refractivity contribution in [2.24, 2.45) is 0 Å². The molecule has 1 radical (unpaired) electrons. The Morgan fingerprint density at radius 1 is 0.833 bits per heavy atom. The molecule has 4 rings (SSSR count). The van der Waals surface area contributed by atoms with Gasteiger partial charge >= 0.3 is 0 Å². The second kappa shape index (κ2) is 12.1. The fourth-order valence-electron chi connectivity index (χ4n) is 5.98. The maximum absolute atomic E-state index is 6.69. The molecule has 0 heterocycles. The van der Waals surface area contributed by atoms with Crippen LogP contribution in [0.25, 0.3) is 5.57 Å². The van der Waals surface area contributed by atoms with Crippen LogP contribution in [0.1, 0.15) is 76.2 Å². The van der Waals surface area contributed by atoms with E-state index in [9.17, 15) is 0 Å². The molecule has 0 amide bonds. The summed E-state index contributed by atoms with van der Waals surface area (Å²) in [5.41, 5.74) is 4.23. The molecule has 0 N–H and O–H groups in total. The Hall–Kier alpha value is 0.526. The molecule has 0 aliphatic heterocycles. The molecule has 2 fully saturated rings. The molecule has 3 aliphatic carbocycles. The molecule has 0 saturated heterocycles. The summed E-state index contributed by atoms with van der Waals surface area (Å²) < 4.78 is 12.6. The van der Waals surface area contributed by atoms with Gasteiger partial charge in [-0.25, -0.2) is 0 Å². The van der Waals surface area contributed by atoms with E-state index in [0.717, 1.165) is 23.5 Å². The monoisotopic (exact) mass is 451 g/mol. The van der Waals surface area contributed by atoms with Gasteiger partial charge in [-0.3, -0.25) is 0 Å². The summed E-state index contributed by atoms with van der Waals surface area (Å²) in [4.78, 5) is 0. The Balaban J connectivity index is 0.00000256. The first-order chi connectivity index (χ1) is 14.3. The van der Waals surface area contributed by atoms with E-state index in [4.69, 9.17) is 9.47 Å². The van der Waals surface area contributed by atoms with E-state index in [1.54, 1.807) is 0 Å². The summed E-state index contributed by atoms with van der Waals surface area (Å²) >= 11 is 0. The number of hydrogen-bond acceptors (Lipinski definition) is 2. The van der Waals surface area contributed by atoms with E-state index in [1.807, 2.05) is 14.2 Å². The Kier molecular flexibility index (Phi) is 10.2. The van der Waals surface area contributed by atoms with Gasteiger partial charge in [0.15, 0.2) is 0 Å². The van der Waals surface area contributed by atoms with Gasteiger partial charge < -0.3 is 9.47 Å². The van der Waals surface area contributed by atoms with Crippen LogP contribution in [0.15, 0.2) is 48.2 Å². The largest absolute Gasteiger partial charge is 0.496 e. The molecule has 1 atom stereocenters. The second-order valence-corrected chi connectivity index (χ2v) is 11.9. The van der Waals surface area contributed by atoms with Gasteiger partial charge in [-0.2, -0.15) is 0 Å². The summed E-state index contributed by atoms with van der Waals surface area (Å²) in [5.74, 6) is 1.00. The van der Waals surface area contributed by atoms with E-state index in [1.165, 1.54) is 75.3 Å². The van der Waals surface area contributed by atoms with Crippen LogP contribution >= 0.6 is 7.92 Å². The van der Waals surface area contributed by atoms with Crippen molar-refractivity contribution in [2.45, 2.75) is 87.3 Å². The minimum Gasteiger partial charge on any atom is -0.496 e. The zero-order valence-corrected chi connectivity index (χ0v) is 23.3. The third-order valence-electron chi connectivity index (χ3n) is 7.27. The number of hydrogen-bond donors (Lipinski definition) is 0. The summed E-state index contributed by atoms with van der Waals surface area (Å²) in [6.07, 6.45) is 19.4. The molecule has 0 aromatic heterocycles. The van der Waals surface area contributed by atoms with Gasteiger partial charge in [-0.1, -0.05) is 82.9 Å². The van der Waals surface area contributed by atoms with Gasteiger partial charge in [0.05, 0.1) is 7.11 Å². The first-order valence-electron chi connectivity index (χ1n) is 11.6. The molecule has 1 unspecified atom stereocenters. The predicted octanol–water partition coefficient (Wildman–Crippen LogP) is 7.11. The summed E-state index contributed by atoms with van der Waals surface area (Å²) in [7, 11) is 3.48. The molecule has 159 valence electrons. The van der Waals surface area contributed by atoms with Crippen molar-refractivity contribution < 1.29 is 9.47 Å². The number of rotatable bonds is 6. The van der Waals surface area contributed by atoms with Crippen molar-refractivity contribution >= 4 is 64.9 Å². The third-order valence-corrected chi connectivity index (χ3v) is 11.3. The van der Waals surface area contributed by atoms with Gasteiger partial charge in [0.1, 0.15) is 11.1 Å². The second-order valence-electron chi connectivity index (χ2n) is 8.90. The molecule has 30 heavy (non-hydrogen) atoms. The van der Waals surface area contributed by atoms with Crippen molar-refractivity contribution in [3.8, 4) is 0 Å². The van der Waals surface area contributed by atoms with Crippen molar-refractivity contribution in [3.63, 3.8) is 0 Å². The van der Waals surface area contributed by atoms with E-state index in [-0.39, 0.29) is 64.6 Å². The molecular formula is C26H37KO2P. The Morgan fingerprint density at radius 2 is 1.40 bits per heavy atom. The maximum Gasteiger partial charge on any atom is 0.125 e. The fourth-order valence-corrected chi connectivity index (χ4v) is 10.6. The van der Waals surface area contributed by atoms with Gasteiger partial charge in [0.2, 0.25) is 0 Å². The molecule has 2 nitrogen and oxygen atoms in total. The minimum atomic E-state index is -0.306. The van der Waals surface area contributed by atoms with Gasteiger partial charge in [-0.15, -0.1) is 0 Å². The maximum atomic E-state index is 6.69. The van der Waals surface area contributed by atoms with E-state index >= 15 is 0 Å². The average Bonchev–Trinajstić information content (AvgIpc) is 2.81. The zero-order chi connectivity index (χ0) is 20.1. The molecule has 1 aromatic carbocycles. The topological polar surface area (TPSA) is 18.5 Å². The first-order valence-corrected chi connectivity index (χ1v) is 13.1. The van der Waals surface area contributed by atoms with E-state index < -0.39 is 0 Å². The van der Waals surface area contributed by atoms with Crippen LogP contribution in [-0.4, -0.2) is 82.3 Å². The summed E-state index contributed by atoms with van der Waals surface area (Å²) in [6.45, 7) is 0. The Bertz CT molecular complexity index is 702. The summed E-state index contributed by atoms with van der Waals surface area (Å²) in [6, 6.07) is 10.9. The third kappa shape index (κ3) is 5.19. The fraction of sp³-hybridized carbons (Fsp3) is 0.615. The van der Waals surface area contributed by atoms with Gasteiger partial charge in [0, 0.05) is 70.5 Å². The van der Waals surface area contributed by atoms with Crippen LogP contribution in [0.5, 0.6) is 0 Å². The van der Waals surface area contributed by atoms with E-state index in [2.05, 4.69) is 42.5 Å². The average molecular weight is 452 g/mol. The van der Waals surface area contributed by atoms with Crippen molar-refractivity contribution in [3.05, 3.63) is 53.8 Å². The van der Waals surface area contributed by atoms with Crippen molar-refractivity contribution in [1.82, 2.24) is 0 Å². The van der Waals surface area contributed by atoms with Crippen LogP contribution in [-0.2, 0) is 9.47 Å². The van der Waals surface area contributed by atoms with Crippen LogP contribution < -0.4 is 0 Å². The van der Waals surface area contributed by atoms with Crippen LogP contribution in [0, 0.1) is 0 Å². The van der Waals surface area contributed by atoms with Crippen molar-refractivity contribution in [2.75, 3.05) is 14.2 Å². The van der Waals surface area contributed by atoms with Crippen molar-refractivity contribution in [1.29, 1.82) is 0 Å². The molecule has 4 heteroatoms. The van der Waals surface area contributed by atoms with E-state index in [0.29, 0.717) is 0 Å². The number of benzene rings is 1. The van der Waals surface area contributed by atoms with Crippen LogP contribution in [0.4, 0.5) is 0 Å². The molecule has 1 aromatic rings. The Labute approximate surface area is 227 Å². The van der Waals surface area contributed by atoms with Gasteiger partial charge in [-0.05, 0) is 48.6 Å². The zero-order valence-electron chi connectivity index (χ0n) is 19.2. The summed E-state index contributed by atoms with van der Waals surface area (Å²) in [5, 5.41) is -0.221. The van der Waals surface area contributed by atoms with Crippen LogP contribution in [0.2, 0.25) is 0 Å². The van der Waals surface area contributed by atoms with Gasteiger partial charge in [0.25, 0.3) is 0 Å². The SMILES string of the molecule is COC1=C(c2ccccc2)C(OC)(P(C2CCCCC2)C2CCCCC2)CC=C1.[K]. The number of allylic oxidation sites excluding steroid dienone is 1. The first kappa shape index (κ1) is 25.2. The molecule has 3 aliphatic rings.